The molecule has 15 heavy (non-hydrogen) atoms. The third kappa shape index (κ3) is 3.25. The van der Waals surface area contributed by atoms with Crippen LogP contribution in [-0.2, 0) is 0 Å². The van der Waals surface area contributed by atoms with Crippen LogP contribution in [-0.4, -0.2) is 22.6 Å². The second-order valence-electron chi connectivity index (χ2n) is 3.57. The summed E-state index contributed by atoms with van der Waals surface area (Å²) >= 11 is 0. The lowest BCUT2D eigenvalue weighted by atomic mass is 10.1. The topological polar surface area (TPSA) is 76.3 Å². The summed E-state index contributed by atoms with van der Waals surface area (Å²) in [5.41, 5.74) is 1.42. The van der Waals surface area contributed by atoms with Crippen LogP contribution < -0.4 is 5.32 Å². The average Bonchev–Trinajstić information content (AvgIpc) is 2.18. The standard InChI is InChI=1S/C11H16N2O2/c1-7-3-4-9(5-10(7)14)11(15)6-13-8(2)12/h3-5,11,14-15H,6H2,1-2H3,(H2,12,13)/t11-/m0/s1. The SMILES string of the molecule is CC(=N)NC[C@H](O)c1ccc(C)c(O)c1. The molecule has 82 valence electrons. The fourth-order valence-corrected chi connectivity index (χ4v) is 1.20. The van der Waals surface area contributed by atoms with Gasteiger partial charge in [0.2, 0.25) is 0 Å². The van der Waals surface area contributed by atoms with Crippen LogP contribution in [0.2, 0.25) is 0 Å². The van der Waals surface area contributed by atoms with Crippen molar-refractivity contribution in [3.63, 3.8) is 0 Å². The van der Waals surface area contributed by atoms with Crippen LogP contribution in [0.25, 0.3) is 0 Å². The molecule has 4 nitrogen and oxygen atoms in total. The number of aromatic hydroxyl groups is 1. The van der Waals surface area contributed by atoms with Gasteiger partial charge < -0.3 is 15.5 Å². The van der Waals surface area contributed by atoms with E-state index in [-0.39, 0.29) is 12.3 Å². The van der Waals surface area contributed by atoms with Gasteiger partial charge >= 0.3 is 0 Å². The maximum Gasteiger partial charge on any atom is 0.118 e. The number of amidine groups is 1. The zero-order valence-corrected chi connectivity index (χ0v) is 8.91. The second kappa shape index (κ2) is 4.79. The number of hydrogen-bond donors (Lipinski definition) is 4. The number of aliphatic hydroxyl groups excluding tert-OH is 1. The molecule has 0 heterocycles. The largest absolute Gasteiger partial charge is 0.508 e. The molecule has 0 spiro atoms. The van der Waals surface area contributed by atoms with Crippen molar-refractivity contribution in [1.29, 1.82) is 5.41 Å². The van der Waals surface area contributed by atoms with Crippen molar-refractivity contribution in [2.45, 2.75) is 20.0 Å². The van der Waals surface area contributed by atoms with E-state index in [0.29, 0.717) is 11.4 Å². The molecule has 0 aliphatic carbocycles. The van der Waals surface area contributed by atoms with Crippen LogP contribution in [0.1, 0.15) is 24.2 Å². The van der Waals surface area contributed by atoms with Gasteiger partial charge in [0.05, 0.1) is 11.9 Å². The van der Waals surface area contributed by atoms with E-state index in [1.165, 1.54) is 0 Å². The number of phenols is 1. The number of hydrogen-bond acceptors (Lipinski definition) is 3. The van der Waals surface area contributed by atoms with Crippen molar-refractivity contribution in [2.75, 3.05) is 6.54 Å². The molecule has 0 bridgehead atoms. The fraction of sp³-hybridized carbons (Fsp3) is 0.364. The van der Waals surface area contributed by atoms with E-state index in [4.69, 9.17) is 5.41 Å². The Kier molecular flexibility index (Phi) is 3.68. The molecule has 0 aromatic heterocycles. The summed E-state index contributed by atoms with van der Waals surface area (Å²) < 4.78 is 0. The lowest BCUT2D eigenvalue weighted by Crippen LogP contribution is -2.25. The van der Waals surface area contributed by atoms with Gasteiger partial charge in [-0.15, -0.1) is 0 Å². The Bertz CT molecular complexity index is 364. The Morgan fingerprint density at radius 1 is 1.53 bits per heavy atom. The van der Waals surface area contributed by atoms with Gasteiger partial charge in [-0.25, -0.2) is 0 Å². The van der Waals surface area contributed by atoms with Gasteiger partial charge in [-0.05, 0) is 31.0 Å². The third-order valence-corrected chi connectivity index (χ3v) is 2.18. The maximum absolute atomic E-state index is 9.71. The monoisotopic (exact) mass is 208 g/mol. The molecule has 0 unspecified atom stereocenters. The van der Waals surface area contributed by atoms with Gasteiger partial charge in [-0.1, -0.05) is 12.1 Å². The summed E-state index contributed by atoms with van der Waals surface area (Å²) in [6.45, 7) is 3.68. The number of benzene rings is 1. The predicted molar refractivity (Wildman–Crippen MR) is 59.2 cm³/mol. The first kappa shape index (κ1) is 11.5. The minimum atomic E-state index is -0.711. The lowest BCUT2D eigenvalue weighted by Gasteiger charge is -2.13. The van der Waals surface area contributed by atoms with E-state index in [9.17, 15) is 10.2 Å². The third-order valence-electron chi connectivity index (χ3n) is 2.18. The van der Waals surface area contributed by atoms with Gasteiger partial charge in [0, 0.05) is 6.54 Å². The van der Waals surface area contributed by atoms with Gasteiger partial charge in [-0.2, -0.15) is 0 Å². The van der Waals surface area contributed by atoms with Crippen LogP contribution in [0, 0.1) is 12.3 Å². The smallest absolute Gasteiger partial charge is 0.118 e. The average molecular weight is 208 g/mol. The van der Waals surface area contributed by atoms with E-state index in [1.807, 2.05) is 0 Å². The van der Waals surface area contributed by atoms with Crippen molar-refractivity contribution < 1.29 is 10.2 Å². The summed E-state index contributed by atoms with van der Waals surface area (Å²) in [7, 11) is 0. The van der Waals surface area contributed by atoms with Crippen molar-refractivity contribution in [3.8, 4) is 5.75 Å². The maximum atomic E-state index is 9.71. The normalized spacial score (nSPS) is 12.2. The van der Waals surface area contributed by atoms with Crippen molar-refractivity contribution in [1.82, 2.24) is 5.32 Å². The summed E-state index contributed by atoms with van der Waals surface area (Å²) in [4.78, 5) is 0. The zero-order valence-electron chi connectivity index (χ0n) is 8.91. The molecule has 1 rings (SSSR count). The quantitative estimate of drug-likeness (QED) is 0.447. The highest BCUT2D eigenvalue weighted by Crippen LogP contribution is 2.21. The minimum Gasteiger partial charge on any atom is -0.508 e. The molecule has 1 aromatic carbocycles. The Balaban J connectivity index is 2.69. The molecule has 0 amide bonds. The number of aryl methyl sites for hydroxylation is 1. The van der Waals surface area contributed by atoms with Gasteiger partial charge in [-0.3, -0.25) is 5.41 Å². The lowest BCUT2D eigenvalue weighted by molar-refractivity contribution is 0.180. The molecular weight excluding hydrogens is 192 g/mol. The number of aliphatic hydroxyl groups is 1. The molecule has 0 fully saturated rings. The molecule has 4 N–H and O–H groups in total. The van der Waals surface area contributed by atoms with Crippen LogP contribution in [0.3, 0.4) is 0 Å². The Labute approximate surface area is 89.1 Å². The molecule has 4 heteroatoms. The number of rotatable bonds is 3. The van der Waals surface area contributed by atoms with E-state index < -0.39 is 6.10 Å². The molecule has 0 aliphatic rings. The van der Waals surface area contributed by atoms with Crippen LogP contribution in [0.5, 0.6) is 5.75 Å². The number of phenolic OH excluding ortho intramolecular Hbond substituents is 1. The van der Waals surface area contributed by atoms with Crippen molar-refractivity contribution in [3.05, 3.63) is 29.3 Å². The van der Waals surface area contributed by atoms with E-state index in [2.05, 4.69) is 5.32 Å². The second-order valence-corrected chi connectivity index (χ2v) is 3.57. The minimum absolute atomic E-state index is 0.179. The molecule has 1 atom stereocenters. The first-order valence-corrected chi connectivity index (χ1v) is 4.77. The highest BCUT2D eigenvalue weighted by atomic mass is 16.3. The zero-order chi connectivity index (χ0) is 11.4. The molecule has 0 radical (unpaired) electrons. The number of nitrogens with one attached hydrogen (secondary N) is 2. The summed E-state index contributed by atoms with van der Waals surface area (Å²) in [5.74, 6) is 0.489. The van der Waals surface area contributed by atoms with E-state index in [0.717, 1.165) is 5.56 Å². The molecule has 1 aromatic rings. The summed E-state index contributed by atoms with van der Waals surface area (Å²) in [6, 6.07) is 5.06. The first-order chi connectivity index (χ1) is 7.00. The molecule has 0 saturated heterocycles. The highest BCUT2D eigenvalue weighted by Gasteiger charge is 2.08. The highest BCUT2D eigenvalue weighted by molar-refractivity contribution is 5.75. The molecule has 0 aliphatic heterocycles. The van der Waals surface area contributed by atoms with Gasteiger partial charge in [0.15, 0.2) is 0 Å². The first-order valence-electron chi connectivity index (χ1n) is 4.77. The van der Waals surface area contributed by atoms with Gasteiger partial charge in [0.1, 0.15) is 5.75 Å². The van der Waals surface area contributed by atoms with Crippen LogP contribution in [0.15, 0.2) is 18.2 Å². The molecule has 0 saturated carbocycles. The van der Waals surface area contributed by atoms with Gasteiger partial charge in [0.25, 0.3) is 0 Å². The Hall–Kier alpha value is -1.55. The van der Waals surface area contributed by atoms with Crippen molar-refractivity contribution in [2.24, 2.45) is 0 Å². The fourth-order valence-electron chi connectivity index (χ4n) is 1.20. The van der Waals surface area contributed by atoms with Crippen LogP contribution in [0.4, 0.5) is 0 Å². The summed E-state index contributed by atoms with van der Waals surface area (Å²) in [6.07, 6.45) is -0.711. The summed E-state index contributed by atoms with van der Waals surface area (Å²) in [5, 5.41) is 29.1. The Morgan fingerprint density at radius 2 is 2.20 bits per heavy atom. The Morgan fingerprint density at radius 3 is 2.73 bits per heavy atom. The van der Waals surface area contributed by atoms with E-state index >= 15 is 0 Å². The predicted octanol–water partition coefficient (Wildman–Crippen LogP) is 1.32. The van der Waals surface area contributed by atoms with Crippen molar-refractivity contribution >= 4 is 5.84 Å². The molecular formula is C11H16N2O2. The van der Waals surface area contributed by atoms with E-state index in [1.54, 1.807) is 32.0 Å². The van der Waals surface area contributed by atoms with Crippen LogP contribution >= 0.6 is 0 Å².